The number of carbonyl (C=O) groups excluding carboxylic acids is 2. The first-order valence-corrected chi connectivity index (χ1v) is 8.50. The van der Waals surface area contributed by atoms with Crippen LogP contribution in [0.2, 0.25) is 0 Å². The minimum absolute atomic E-state index is 0.00676. The molecule has 23 heavy (non-hydrogen) atoms. The van der Waals surface area contributed by atoms with Crippen molar-refractivity contribution in [3.05, 3.63) is 39.1 Å². The van der Waals surface area contributed by atoms with Crippen molar-refractivity contribution >= 4 is 33.4 Å². The molecule has 122 valence electrons. The third-order valence-corrected chi connectivity index (χ3v) is 4.95. The molecule has 0 unspecified atom stereocenters. The molecular weight excluding hydrogens is 365 g/mol. The van der Waals surface area contributed by atoms with E-state index in [9.17, 15) is 14.0 Å². The average Bonchev–Trinajstić information content (AvgIpc) is 2.79. The van der Waals surface area contributed by atoms with Crippen molar-refractivity contribution < 1.29 is 18.7 Å². The Kier molecular flexibility index (Phi) is 4.64. The fraction of sp³-hybridized carbons (Fsp3) is 0.412. The van der Waals surface area contributed by atoms with E-state index >= 15 is 0 Å². The van der Waals surface area contributed by atoms with E-state index in [1.54, 1.807) is 0 Å². The molecule has 0 atom stereocenters. The lowest BCUT2D eigenvalue weighted by Crippen LogP contribution is -2.32. The van der Waals surface area contributed by atoms with Gasteiger partial charge in [-0.1, -0.05) is 15.9 Å². The minimum Gasteiger partial charge on any atom is -0.377 e. The van der Waals surface area contributed by atoms with Gasteiger partial charge < -0.3 is 4.74 Å². The molecular formula is C17H17BrFNO3. The summed E-state index contributed by atoms with van der Waals surface area (Å²) in [6.07, 6.45) is 2.98. The van der Waals surface area contributed by atoms with Crippen molar-refractivity contribution in [3.63, 3.8) is 0 Å². The maximum atomic E-state index is 14.4. The van der Waals surface area contributed by atoms with Crippen molar-refractivity contribution in [2.24, 2.45) is 0 Å². The van der Waals surface area contributed by atoms with Gasteiger partial charge in [-0.2, -0.15) is 0 Å². The molecule has 0 spiro atoms. The Hall–Kier alpha value is -1.53. The second-order valence-electron chi connectivity index (χ2n) is 5.64. The van der Waals surface area contributed by atoms with Crippen molar-refractivity contribution in [2.75, 3.05) is 11.5 Å². The van der Waals surface area contributed by atoms with Crippen LogP contribution in [0.4, 0.5) is 10.1 Å². The van der Waals surface area contributed by atoms with E-state index in [-0.39, 0.29) is 24.1 Å². The summed E-state index contributed by atoms with van der Waals surface area (Å²) >= 11 is 3.29. The Labute approximate surface area is 142 Å². The standard InChI is InChI=1S/C17H17BrFNO3/c1-2-23-9-10-7-15(14(19)8-13(10)18)20-16(21)11-5-3-4-6-12(11)17(20)22/h7-8H,2-6,9H2,1H3. The van der Waals surface area contributed by atoms with Crippen LogP contribution in [-0.2, 0) is 20.9 Å². The first-order chi connectivity index (χ1) is 11.0. The molecule has 0 aromatic heterocycles. The number of imide groups is 1. The Bertz CT molecular complexity index is 686. The summed E-state index contributed by atoms with van der Waals surface area (Å²) in [7, 11) is 0. The van der Waals surface area contributed by atoms with Gasteiger partial charge in [-0.25, -0.2) is 9.29 Å². The summed E-state index contributed by atoms with van der Waals surface area (Å²) in [6, 6.07) is 2.80. The van der Waals surface area contributed by atoms with Gasteiger partial charge in [0.2, 0.25) is 0 Å². The fourth-order valence-corrected chi connectivity index (χ4v) is 3.46. The van der Waals surface area contributed by atoms with E-state index < -0.39 is 5.82 Å². The van der Waals surface area contributed by atoms with E-state index in [0.717, 1.165) is 17.7 Å². The smallest absolute Gasteiger partial charge is 0.261 e. The number of anilines is 1. The maximum Gasteiger partial charge on any atom is 0.261 e. The number of benzene rings is 1. The highest BCUT2D eigenvalue weighted by atomic mass is 79.9. The lowest BCUT2D eigenvalue weighted by Gasteiger charge is -2.18. The molecule has 1 aromatic carbocycles. The number of amides is 2. The molecule has 0 fully saturated rings. The summed E-state index contributed by atoms with van der Waals surface area (Å²) in [6.45, 7) is 2.67. The van der Waals surface area contributed by atoms with Gasteiger partial charge in [0.05, 0.1) is 12.3 Å². The molecule has 2 aliphatic rings. The molecule has 2 amide bonds. The topological polar surface area (TPSA) is 46.6 Å². The molecule has 6 heteroatoms. The summed E-state index contributed by atoms with van der Waals surface area (Å²) in [4.78, 5) is 26.1. The first-order valence-electron chi connectivity index (χ1n) is 7.71. The number of halogens is 2. The number of nitrogens with zero attached hydrogens (tertiary/aromatic N) is 1. The lowest BCUT2D eigenvalue weighted by atomic mass is 9.93. The van der Waals surface area contributed by atoms with Gasteiger partial charge in [-0.05, 0) is 50.3 Å². The molecule has 1 aliphatic heterocycles. The molecule has 0 saturated heterocycles. The third kappa shape index (κ3) is 2.85. The van der Waals surface area contributed by atoms with Gasteiger partial charge in [-0.15, -0.1) is 0 Å². The largest absolute Gasteiger partial charge is 0.377 e. The van der Waals surface area contributed by atoms with Crippen LogP contribution in [0.3, 0.4) is 0 Å². The van der Waals surface area contributed by atoms with E-state index in [1.165, 1.54) is 12.1 Å². The van der Waals surface area contributed by atoms with Crippen LogP contribution in [-0.4, -0.2) is 18.4 Å². The molecule has 0 bridgehead atoms. The van der Waals surface area contributed by atoms with Crippen molar-refractivity contribution in [3.8, 4) is 0 Å². The highest BCUT2D eigenvalue weighted by Gasteiger charge is 2.40. The van der Waals surface area contributed by atoms with Gasteiger partial charge >= 0.3 is 0 Å². The average molecular weight is 382 g/mol. The number of ether oxygens (including phenoxy) is 1. The van der Waals surface area contributed by atoms with E-state index in [4.69, 9.17) is 4.74 Å². The zero-order chi connectivity index (χ0) is 16.6. The Morgan fingerprint density at radius 3 is 2.35 bits per heavy atom. The van der Waals surface area contributed by atoms with E-state index in [0.29, 0.717) is 40.6 Å². The number of rotatable bonds is 4. The lowest BCUT2D eigenvalue weighted by molar-refractivity contribution is -0.120. The van der Waals surface area contributed by atoms with Gasteiger partial charge in [0, 0.05) is 22.2 Å². The number of hydrogen-bond donors (Lipinski definition) is 0. The summed E-state index contributed by atoms with van der Waals surface area (Å²) in [5.74, 6) is -1.36. The predicted molar refractivity (Wildman–Crippen MR) is 87.4 cm³/mol. The molecule has 1 aliphatic carbocycles. The van der Waals surface area contributed by atoms with Crippen molar-refractivity contribution in [2.45, 2.75) is 39.2 Å². The molecule has 0 saturated carbocycles. The van der Waals surface area contributed by atoms with Gasteiger partial charge in [-0.3, -0.25) is 9.59 Å². The Balaban J connectivity index is 1.99. The van der Waals surface area contributed by atoms with Crippen LogP contribution in [0.1, 0.15) is 38.2 Å². The van der Waals surface area contributed by atoms with Gasteiger partial charge in [0.1, 0.15) is 5.82 Å². The zero-order valence-corrected chi connectivity index (χ0v) is 14.4. The SMILES string of the molecule is CCOCc1cc(N2C(=O)C3=C(CCCC3)C2=O)c(F)cc1Br. The molecule has 3 rings (SSSR count). The predicted octanol–water partition coefficient (Wildman–Crippen LogP) is 3.87. The van der Waals surface area contributed by atoms with Crippen LogP contribution < -0.4 is 4.90 Å². The van der Waals surface area contributed by atoms with Crippen LogP contribution in [0.25, 0.3) is 0 Å². The molecule has 1 aromatic rings. The van der Waals surface area contributed by atoms with Crippen LogP contribution >= 0.6 is 15.9 Å². The van der Waals surface area contributed by atoms with E-state index in [1.807, 2.05) is 6.92 Å². The second-order valence-corrected chi connectivity index (χ2v) is 6.50. The molecule has 0 N–H and O–H groups in total. The van der Waals surface area contributed by atoms with Crippen molar-refractivity contribution in [1.82, 2.24) is 0 Å². The Morgan fingerprint density at radius 2 is 1.78 bits per heavy atom. The zero-order valence-electron chi connectivity index (χ0n) is 12.8. The first kappa shape index (κ1) is 16.3. The molecule has 1 heterocycles. The monoisotopic (exact) mass is 381 g/mol. The van der Waals surface area contributed by atoms with Crippen LogP contribution in [0, 0.1) is 5.82 Å². The van der Waals surface area contributed by atoms with Gasteiger partial charge in [0.15, 0.2) is 0 Å². The summed E-state index contributed by atoms with van der Waals surface area (Å²) in [5, 5.41) is 0. The number of carbonyl (C=O) groups is 2. The number of hydrogen-bond acceptors (Lipinski definition) is 3. The minimum atomic E-state index is -0.598. The molecule has 4 nitrogen and oxygen atoms in total. The van der Waals surface area contributed by atoms with E-state index in [2.05, 4.69) is 15.9 Å². The highest BCUT2D eigenvalue weighted by Crippen LogP contribution is 2.37. The molecule has 0 radical (unpaired) electrons. The fourth-order valence-electron chi connectivity index (χ4n) is 3.03. The quantitative estimate of drug-likeness (QED) is 0.743. The van der Waals surface area contributed by atoms with Crippen molar-refractivity contribution in [1.29, 1.82) is 0 Å². The van der Waals surface area contributed by atoms with Gasteiger partial charge in [0.25, 0.3) is 11.8 Å². The van der Waals surface area contributed by atoms with Crippen LogP contribution in [0.15, 0.2) is 27.8 Å². The highest BCUT2D eigenvalue weighted by molar-refractivity contribution is 9.10. The van der Waals surface area contributed by atoms with Crippen LogP contribution in [0.5, 0.6) is 0 Å². The Morgan fingerprint density at radius 1 is 1.17 bits per heavy atom. The maximum absolute atomic E-state index is 14.4. The normalized spacial score (nSPS) is 18.0. The summed E-state index contributed by atoms with van der Waals surface area (Å²) in [5.41, 5.74) is 1.81. The third-order valence-electron chi connectivity index (χ3n) is 4.21. The summed E-state index contributed by atoms with van der Waals surface area (Å²) < 4.78 is 20.3. The second kappa shape index (κ2) is 6.53.